The molecule has 0 aliphatic carbocycles. The summed E-state index contributed by atoms with van der Waals surface area (Å²) in [5.74, 6) is 0.678. The van der Waals surface area contributed by atoms with E-state index in [0.717, 1.165) is 16.3 Å². The lowest BCUT2D eigenvalue weighted by Crippen LogP contribution is -2.01. The number of fused-ring (bicyclic) bond motifs is 3. The van der Waals surface area contributed by atoms with Crippen molar-refractivity contribution in [3.8, 4) is 5.75 Å². The highest BCUT2D eigenvalue weighted by Gasteiger charge is 2.09. The fraction of sp³-hybridized carbons (Fsp3) is 0.133. The number of hydrogen-bond donors (Lipinski definition) is 0. The van der Waals surface area contributed by atoms with Gasteiger partial charge in [0.2, 0.25) is 0 Å². The first-order valence-corrected chi connectivity index (χ1v) is 5.71. The maximum atomic E-state index is 12.0. The highest BCUT2D eigenvalue weighted by molar-refractivity contribution is 6.05. The monoisotopic (exact) mass is 240 g/mol. The van der Waals surface area contributed by atoms with Crippen LogP contribution in [0, 0.1) is 6.92 Å². The van der Waals surface area contributed by atoms with E-state index in [1.54, 1.807) is 13.2 Å². The lowest BCUT2D eigenvalue weighted by Gasteiger charge is -2.06. The van der Waals surface area contributed by atoms with Crippen molar-refractivity contribution in [2.24, 2.45) is 0 Å². The Kier molecular flexibility index (Phi) is 2.33. The van der Waals surface area contributed by atoms with Crippen LogP contribution in [0.5, 0.6) is 5.75 Å². The van der Waals surface area contributed by atoms with E-state index in [1.165, 1.54) is 0 Å². The van der Waals surface area contributed by atoms with Gasteiger partial charge in [-0.3, -0.25) is 0 Å². The van der Waals surface area contributed by atoms with Gasteiger partial charge in [0, 0.05) is 16.8 Å². The predicted molar refractivity (Wildman–Crippen MR) is 71.3 cm³/mol. The van der Waals surface area contributed by atoms with Crippen LogP contribution in [0.2, 0.25) is 0 Å². The van der Waals surface area contributed by atoms with Gasteiger partial charge in [-0.1, -0.05) is 18.2 Å². The highest BCUT2D eigenvalue weighted by Crippen LogP contribution is 2.27. The van der Waals surface area contributed by atoms with Crippen LogP contribution in [0.4, 0.5) is 0 Å². The van der Waals surface area contributed by atoms with Crippen molar-refractivity contribution < 1.29 is 9.15 Å². The zero-order valence-corrected chi connectivity index (χ0v) is 10.2. The first-order valence-electron chi connectivity index (χ1n) is 5.71. The molecule has 3 nitrogen and oxygen atoms in total. The van der Waals surface area contributed by atoms with Crippen LogP contribution in [0.15, 0.2) is 45.6 Å². The molecule has 0 bridgehead atoms. The number of hydrogen-bond acceptors (Lipinski definition) is 3. The Labute approximate surface area is 104 Å². The minimum atomic E-state index is -0.302. The lowest BCUT2D eigenvalue weighted by molar-refractivity contribution is 0.414. The number of benzene rings is 2. The molecule has 1 heterocycles. The second-order valence-corrected chi connectivity index (χ2v) is 4.25. The van der Waals surface area contributed by atoms with Gasteiger partial charge in [-0.05, 0) is 24.6 Å². The number of methoxy groups -OCH3 is 1. The van der Waals surface area contributed by atoms with Gasteiger partial charge in [-0.2, -0.15) is 0 Å². The second kappa shape index (κ2) is 3.88. The van der Waals surface area contributed by atoms with Crippen molar-refractivity contribution in [1.29, 1.82) is 0 Å². The van der Waals surface area contributed by atoms with E-state index >= 15 is 0 Å². The van der Waals surface area contributed by atoms with E-state index in [1.807, 2.05) is 37.3 Å². The van der Waals surface area contributed by atoms with Gasteiger partial charge in [0.15, 0.2) is 0 Å². The SMILES string of the molecule is COc1ccc2c(c1)oc(=O)c1c(C)cccc12. The number of aryl methyl sites for hydroxylation is 1. The summed E-state index contributed by atoms with van der Waals surface area (Å²) in [5.41, 5.74) is 1.18. The molecule has 18 heavy (non-hydrogen) atoms. The Balaban J connectivity index is 2.55. The Morgan fingerprint density at radius 1 is 1.11 bits per heavy atom. The summed E-state index contributed by atoms with van der Waals surface area (Å²) in [5, 5.41) is 2.49. The van der Waals surface area contributed by atoms with Gasteiger partial charge >= 0.3 is 5.63 Å². The molecule has 0 unspecified atom stereocenters. The van der Waals surface area contributed by atoms with Gasteiger partial charge in [0.25, 0.3) is 0 Å². The summed E-state index contributed by atoms with van der Waals surface area (Å²) in [6, 6.07) is 11.3. The lowest BCUT2D eigenvalue weighted by atomic mass is 10.0. The summed E-state index contributed by atoms with van der Waals surface area (Å²) in [6.45, 7) is 1.91. The first kappa shape index (κ1) is 10.8. The third kappa shape index (κ3) is 1.48. The van der Waals surface area contributed by atoms with Gasteiger partial charge in [0.05, 0.1) is 12.5 Å². The van der Waals surface area contributed by atoms with E-state index in [0.29, 0.717) is 16.7 Å². The molecular weight excluding hydrogens is 228 g/mol. The van der Waals surface area contributed by atoms with Crippen LogP contribution < -0.4 is 10.4 Å². The molecule has 0 fully saturated rings. The molecule has 3 rings (SSSR count). The topological polar surface area (TPSA) is 39.4 Å². The first-order chi connectivity index (χ1) is 8.70. The van der Waals surface area contributed by atoms with Crippen molar-refractivity contribution in [3.05, 3.63) is 52.4 Å². The van der Waals surface area contributed by atoms with Crippen LogP contribution in [0.1, 0.15) is 5.56 Å². The zero-order valence-electron chi connectivity index (χ0n) is 10.2. The molecular formula is C15H12O3. The molecule has 0 aliphatic heterocycles. The van der Waals surface area contributed by atoms with Crippen molar-refractivity contribution in [2.75, 3.05) is 7.11 Å². The minimum absolute atomic E-state index is 0.302. The molecule has 0 N–H and O–H groups in total. The van der Waals surface area contributed by atoms with Crippen LogP contribution in [0.3, 0.4) is 0 Å². The number of rotatable bonds is 1. The Morgan fingerprint density at radius 2 is 1.94 bits per heavy atom. The van der Waals surface area contributed by atoms with Gasteiger partial charge in [-0.15, -0.1) is 0 Å². The Hall–Kier alpha value is -2.29. The van der Waals surface area contributed by atoms with E-state index < -0.39 is 0 Å². The summed E-state index contributed by atoms with van der Waals surface area (Å²) in [7, 11) is 1.59. The van der Waals surface area contributed by atoms with Crippen LogP contribution in [-0.4, -0.2) is 7.11 Å². The maximum Gasteiger partial charge on any atom is 0.344 e. The third-order valence-electron chi connectivity index (χ3n) is 3.16. The van der Waals surface area contributed by atoms with Gasteiger partial charge < -0.3 is 9.15 Å². The maximum absolute atomic E-state index is 12.0. The van der Waals surface area contributed by atoms with Crippen LogP contribution >= 0.6 is 0 Å². The predicted octanol–water partition coefficient (Wildman–Crippen LogP) is 3.26. The van der Waals surface area contributed by atoms with Crippen molar-refractivity contribution in [2.45, 2.75) is 6.92 Å². The number of ether oxygens (including phenoxy) is 1. The largest absolute Gasteiger partial charge is 0.497 e. The fourth-order valence-corrected chi connectivity index (χ4v) is 2.25. The standard InChI is InChI=1S/C15H12O3/c1-9-4-3-5-12-11-7-6-10(17-2)8-13(11)18-15(16)14(9)12/h3-8H,1-2H3. The zero-order chi connectivity index (χ0) is 12.7. The average molecular weight is 240 g/mol. The Morgan fingerprint density at radius 3 is 2.72 bits per heavy atom. The molecule has 0 atom stereocenters. The molecule has 0 saturated heterocycles. The highest BCUT2D eigenvalue weighted by atomic mass is 16.5. The molecule has 0 spiro atoms. The smallest absolute Gasteiger partial charge is 0.344 e. The van der Waals surface area contributed by atoms with Crippen molar-refractivity contribution in [3.63, 3.8) is 0 Å². The van der Waals surface area contributed by atoms with Crippen molar-refractivity contribution >= 4 is 21.7 Å². The van der Waals surface area contributed by atoms with Gasteiger partial charge in [-0.25, -0.2) is 4.79 Å². The van der Waals surface area contributed by atoms with E-state index in [4.69, 9.17) is 9.15 Å². The van der Waals surface area contributed by atoms with Crippen LogP contribution in [0.25, 0.3) is 21.7 Å². The summed E-state index contributed by atoms with van der Waals surface area (Å²) in [6.07, 6.45) is 0. The molecule has 0 radical (unpaired) electrons. The Bertz CT molecular complexity index is 800. The summed E-state index contributed by atoms with van der Waals surface area (Å²) < 4.78 is 10.5. The molecule has 0 amide bonds. The molecule has 2 aromatic carbocycles. The normalized spacial score (nSPS) is 11.0. The van der Waals surface area contributed by atoms with E-state index in [2.05, 4.69) is 0 Å². The molecule has 1 aromatic heterocycles. The average Bonchev–Trinajstić information content (AvgIpc) is 2.38. The van der Waals surface area contributed by atoms with E-state index in [9.17, 15) is 4.79 Å². The third-order valence-corrected chi connectivity index (χ3v) is 3.16. The summed E-state index contributed by atoms with van der Waals surface area (Å²) >= 11 is 0. The molecule has 90 valence electrons. The van der Waals surface area contributed by atoms with Crippen LogP contribution in [-0.2, 0) is 0 Å². The molecule has 3 aromatic rings. The minimum Gasteiger partial charge on any atom is -0.497 e. The summed E-state index contributed by atoms with van der Waals surface area (Å²) in [4.78, 5) is 12.0. The molecule has 0 aliphatic rings. The van der Waals surface area contributed by atoms with Crippen molar-refractivity contribution in [1.82, 2.24) is 0 Å². The van der Waals surface area contributed by atoms with Gasteiger partial charge in [0.1, 0.15) is 11.3 Å². The molecule has 3 heteroatoms. The quantitative estimate of drug-likeness (QED) is 0.484. The fourth-order valence-electron chi connectivity index (χ4n) is 2.25. The second-order valence-electron chi connectivity index (χ2n) is 4.25. The molecule has 0 saturated carbocycles. The van der Waals surface area contributed by atoms with E-state index in [-0.39, 0.29) is 5.63 Å².